The molecule has 1 aromatic carbocycles. The van der Waals surface area contributed by atoms with Crippen molar-refractivity contribution in [1.29, 1.82) is 0 Å². The Bertz CT molecular complexity index is 632. The fourth-order valence-electron chi connectivity index (χ4n) is 2.34. The van der Waals surface area contributed by atoms with Crippen LogP contribution < -0.4 is 11.1 Å². The molecule has 8 nitrogen and oxygen atoms in total. The van der Waals surface area contributed by atoms with E-state index in [9.17, 15) is 19.2 Å². The van der Waals surface area contributed by atoms with Crippen LogP contribution in [-0.2, 0) is 25.7 Å². The molecule has 1 rings (SSSR count). The van der Waals surface area contributed by atoms with Crippen molar-refractivity contribution in [2.45, 2.75) is 39.0 Å². The van der Waals surface area contributed by atoms with Gasteiger partial charge in [0.05, 0.1) is 6.04 Å². The number of hydrogen-bond acceptors (Lipinski definition) is 6. The highest BCUT2D eigenvalue weighted by molar-refractivity contribution is 6.02. The van der Waals surface area contributed by atoms with Gasteiger partial charge >= 0.3 is 12.1 Å². The number of carbonyl (C=O) groups is 4. The zero-order valence-electron chi connectivity index (χ0n) is 14.8. The quantitative estimate of drug-likeness (QED) is 0.418. The molecule has 0 fully saturated rings. The zero-order chi connectivity index (χ0) is 19.7. The third-order valence-corrected chi connectivity index (χ3v) is 3.70. The molecule has 142 valence electrons. The summed E-state index contributed by atoms with van der Waals surface area (Å²) < 4.78 is 5.07. The van der Waals surface area contributed by atoms with E-state index in [1.165, 1.54) is 0 Å². The van der Waals surface area contributed by atoms with E-state index in [0.29, 0.717) is 0 Å². The number of nitrogens with two attached hydrogens (primary N) is 1. The second-order valence-corrected chi connectivity index (χ2v) is 6.32. The van der Waals surface area contributed by atoms with Crippen LogP contribution in [0.5, 0.6) is 0 Å². The standard InChI is InChI=1S/C18H24N2O6/c1-11(2)8-14(16(22)13(9-21)15(19)17(23)24)20-18(25)26-10-12-6-4-3-5-7-12/h3-7,9,11,13-15H,8,10,19H2,1-2H3,(H,20,25)(H,23,24)/t13?,14-,15?/m0/s1. The Morgan fingerprint density at radius 1 is 1.23 bits per heavy atom. The molecule has 0 heterocycles. The summed E-state index contributed by atoms with van der Waals surface area (Å²) in [6.07, 6.45) is -0.414. The van der Waals surface area contributed by atoms with Gasteiger partial charge in [0.15, 0.2) is 5.78 Å². The summed E-state index contributed by atoms with van der Waals surface area (Å²) in [6, 6.07) is 6.23. The van der Waals surface area contributed by atoms with Crippen molar-refractivity contribution in [3.05, 3.63) is 35.9 Å². The molecule has 3 atom stereocenters. The van der Waals surface area contributed by atoms with Gasteiger partial charge in [-0.15, -0.1) is 0 Å². The number of Topliss-reactive ketones (excluding diaryl/α,β-unsaturated/α-hetero) is 1. The number of carboxylic acids is 1. The van der Waals surface area contributed by atoms with Crippen LogP contribution in [0, 0.1) is 11.8 Å². The molecule has 1 amide bonds. The Kier molecular flexibility index (Phi) is 8.44. The van der Waals surface area contributed by atoms with E-state index in [0.717, 1.165) is 5.56 Å². The van der Waals surface area contributed by atoms with Crippen LogP contribution in [0.15, 0.2) is 30.3 Å². The number of nitrogens with one attached hydrogen (secondary N) is 1. The van der Waals surface area contributed by atoms with Crippen LogP contribution in [0.1, 0.15) is 25.8 Å². The van der Waals surface area contributed by atoms with Gasteiger partial charge in [0, 0.05) is 0 Å². The van der Waals surface area contributed by atoms with Crippen molar-refractivity contribution < 1.29 is 29.0 Å². The molecule has 0 aliphatic rings. The second-order valence-electron chi connectivity index (χ2n) is 6.32. The molecule has 0 saturated carbocycles. The summed E-state index contributed by atoms with van der Waals surface area (Å²) in [6.45, 7) is 3.66. The molecule has 2 unspecified atom stereocenters. The maximum Gasteiger partial charge on any atom is 0.408 e. The maximum atomic E-state index is 12.5. The number of aldehydes is 1. The van der Waals surface area contributed by atoms with Crippen molar-refractivity contribution in [3.8, 4) is 0 Å². The Morgan fingerprint density at radius 3 is 2.35 bits per heavy atom. The lowest BCUT2D eigenvalue weighted by Crippen LogP contribution is -2.51. The summed E-state index contributed by atoms with van der Waals surface area (Å²) in [7, 11) is 0. The number of amides is 1. The zero-order valence-corrected chi connectivity index (χ0v) is 14.8. The Morgan fingerprint density at radius 2 is 1.85 bits per heavy atom. The largest absolute Gasteiger partial charge is 0.480 e. The van der Waals surface area contributed by atoms with Crippen molar-refractivity contribution in [3.63, 3.8) is 0 Å². The fourth-order valence-corrected chi connectivity index (χ4v) is 2.34. The monoisotopic (exact) mass is 364 g/mol. The molecule has 8 heteroatoms. The van der Waals surface area contributed by atoms with Crippen LogP contribution in [-0.4, -0.2) is 41.3 Å². The van der Waals surface area contributed by atoms with Gasteiger partial charge in [-0.3, -0.25) is 9.59 Å². The van der Waals surface area contributed by atoms with Crippen LogP contribution >= 0.6 is 0 Å². The average Bonchev–Trinajstić information content (AvgIpc) is 2.60. The topological polar surface area (TPSA) is 136 Å². The number of carboxylic acid groups (broad SMARTS) is 1. The number of carbonyl (C=O) groups excluding carboxylic acids is 3. The van der Waals surface area contributed by atoms with Gasteiger partial charge in [-0.1, -0.05) is 44.2 Å². The molecule has 0 aliphatic heterocycles. The van der Waals surface area contributed by atoms with Crippen LogP contribution in [0.4, 0.5) is 4.79 Å². The number of hydrogen-bond donors (Lipinski definition) is 3. The van der Waals surface area contributed by atoms with E-state index < -0.39 is 35.8 Å². The third-order valence-electron chi connectivity index (χ3n) is 3.70. The predicted molar refractivity (Wildman–Crippen MR) is 93.2 cm³/mol. The number of ketones is 1. The molecule has 0 radical (unpaired) electrons. The summed E-state index contributed by atoms with van der Waals surface area (Å²) in [5.41, 5.74) is 6.18. The minimum absolute atomic E-state index is 0.00623. The van der Waals surface area contributed by atoms with Gasteiger partial charge in [-0.2, -0.15) is 0 Å². The minimum Gasteiger partial charge on any atom is -0.480 e. The molecule has 0 aliphatic carbocycles. The maximum absolute atomic E-state index is 12.5. The van der Waals surface area contributed by atoms with E-state index in [-0.39, 0.29) is 25.2 Å². The van der Waals surface area contributed by atoms with E-state index in [2.05, 4.69) is 5.32 Å². The predicted octanol–water partition coefficient (Wildman–Crippen LogP) is 1.12. The number of benzene rings is 1. The first-order chi connectivity index (χ1) is 12.3. The average molecular weight is 364 g/mol. The Labute approximate surface area is 151 Å². The minimum atomic E-state index is -1.67. The van der Waals surface area contributed by atoms with Gasteiger partial charge in [0.25, 0.3) is 0 Å². The first-order valence-corrected chi connectivity index (χ1v) is 8.20. The van der Waals surface area contributed by atoms with Gasteiger partial charge in [-0.25, -0.2) is 4.79 Å². The summed E-state index contributed by atoms with van der Waals surface area (Å²) in [5.74, 6) is -3.76. The summed E-state index contributed by atoms with van der Waals surface area (Å²) in [5, 5.41) is 11.3. The van der Waals surface area contributed by atoms with Crippen LogP contribution in [0.3, 0.4) is 0 Å². The smallest absolute Gasteiger partial charge is 0.408 e. The number of rotatable bonds is 10. The van der Waals surface area contributed by atoms with Crippen molar-refractivity contribution in [2.24, 2.45) is 17.6 Å². The molecule has 0 bridgehead atoms. The van der Waals surface area contributed by atoms with Crippen molar-refractivity contribution in [1.82, 2.24) is 5.32 Å². The van der Waals surface area contributed by atoms with Gasteiger partial charge in [0.2, 0.25) is 0 Å². The first-order valence-electron chi connectivity index (χ1n) is 8.20. The van der Waals surface area contributed by atoms with E-state index in [1.807, 2.05) is 19.9 Å². The molecule has 26 heavy (non-hydrogen) atoms. The Balaban J connectivity index is 2.78. The van der Waals surface area contributed by atoms with E-state index in [4.69, 9.17) is 15.6 Å². The lowest BCUT2D eigenvalue weighted by Gasteiger charge is -2.23. The van der Waals surface area contributed by atoms with Crippen molar-refractivity contribution in [2.75, 3.05) is 0 Å². The van der Waals surface area contributed by atoms with Gasteiger partial charge < -0.3 is 25.7 Å². The van der Waals surface area contributed by atoms with Crippen molar-refractivity contribution >= 4 is 24.1 Å². The second kappa shape index (κ2) is 10.3. The van der Waals surface area contributed by atoms with Gasteiger partial charge in [0.1, 0.15) is 24.9 Å². The van der Waals surface area contributed by atoms with Crippen LogP contribution in [0.25, 0.3) is 0 Å². The number of ether oxygens (including phenoxy) is 1. The molecular weight excluding hydrogens is 340 g/mol. The molecule has 0 spiro atoms. The molecule has 1 aromatic rings. The summed E-state index contributed by atoms with van der Waals surface area (Å²) >= 11 is 0. The SMILES string of the molecule is CC(C)C[C@H](NC(=O)OCc1ccccc1)C(=O)C(C=O)C(N)C(=O)O. The third kappa shape index (κ3) is 6.64. The molecule has 0 saturated heterocycles. The number of aliphatic carboxylic acids is 1. The summed E-state index contributed by atoms with van der Waals surface area (Å²) in [4.78, 5) is 46.7. The lowest BCUT2D eigenvalue weighted by molar-refractivity contribution is -0.144. The van der Waals surface area contributed by atoms with Crippen LogP contribution in [0.2, 0.25) is 0 Å². The fraction of sp³-hybridized carbons (Fsp3) is 0.444. The molecule has 4 N–H and O–H groups in total. The molecular formula is C18H24N2O6. The Hall–Kier alpha value is -2.74. The lowest BCUT2D eigenvalue weighted by atomic mass is 9.88. The highest BCUT2D eigenvalue weighted by Crippen LogP contribution is 2.13. The first kappa shape index (κ1) is 21.3. The highest BCUT2D eigenvalue weighted by atomic mass is 16.5. The van der Waals surface area contributed by atoms with E-state index in [1.54, 1.807) is 24.3 Å². The van der Waals surface area contributed by atoms with Gasteiger partial charge in [-0.05, 0) is 17.9 Å². The van der Waals surface area contributed by atoms with E-state index >= 15 is 0 Å². The number of alkyl carbamates (subject to hydrolysis) is 1. The molecule has 0 aromatic heterocycles. The normalized spacial score (nSPS) is 14.2. The highest BCUT2D eigenvalue weighted by Gasteiger charge is 2.36.